The number of ether oxygens (including phenoxy) is 1. The zero-order chi connectivity index (χ0) is 13.4. The topological polar surface area (TPSA) is 101 Å². The summed E-state index contributed by atoms with van der Waals surface area (Å²) in [6, 6.07) is 3.21. The quantitative estimate of drug-likeness (QED) is 0.654. The number of nitrogens with zero attached hydrogens (tertiary/aromatic N) is 3. The number of aromatic nitrogens is 1. The number of anilines is 1. The highest BCUT2D eigenvalue weighted by Gasteiger charge is 2.41. The Kier molecular flexibility index (Phi) is 2.80. The number of hydrogen-bond donors (Lipinski definition) is 1. The van der Waals surface area contributed by atoms with Crippen LogP contribution in [-0.4, -0.2) is 28.2 Å². The molecule has 2 fully saturated rings. The smallest absolute Gasteiger partial charge is 0.328 e. The number of nitro groups is 1. The molecule has 2 bridgehead atoms. The number of hydrogen-bond acceptors (Lipinski definition) is 6. The van der Waals surface area contributed by atoms with Crippen molar-refractivity contribution in [3.63, 3.8) is 0 Å². The molecule has 1 N–H and O–H groups in total. The summed E-state index contributed by atoms with van der Waals surface area (Å²) < 4.78 is 5.69. The molecule has 2 aliphatic heterocycles. The van der Waals surface area contributed by atoms with Crippen LogP contribution in [0.15, 0.2) is 12.3 Å². The summed E-state index contributed by atoms with van der Waals surface area (Å²) in [5.41, 5.74) is -0.237. The minimum Gasteiger partial charge on any atom is -0.373 e. The average Bonchev–Trinajstić information content (AvgIpc) is 3.00. The van der Waals surface area contributed by atoms with E-state index in [1.807, 2.05) is 6.07 Å². The third-order valence-corrected chi connectivity index (χ3v) is 3.66. The summed E-state index contributed by atoms with van der Waals surface area (Å²) in [6.45, 7) is 0. The predicted molar refractivity (Wildman–Crippen MR) is 65.5 cm³/mol. The van der Waals surface area contributed by atoms with Gasteiger partial charge in [0.05, 0.1) is 23.2 Å². The molecule has 7 heteroatoms. The molecule has 19 heavy (non-hydrogen) atoms. The molecule has 0 aromatic carbocycles. The molecule has 1 aromatic rings. The maximum atomic E-state index is 11.1. The molecule has 98 valence electrons. The first kappa shape index (κ1) is 11.9. The number of nitriles is 1. The summed E-state index contributed by atoms with van der Waals surface area (Å²) in [4.78, 5) is 14.5. The third kappa shape index (κ3) is 2.00. The summed E-state index contributed by atoms with van der Waals surface area (Å²) in [5.74, 6) is 0.158. The van der Waals surface area contributed by atoms with Crippen LogP contribution >= 0.6 is 0 Å². The molecular formula is C12H12N4O3. The van der Waals surface area contributed by atoms with E-state index in [4.69, 9.17) is 10.00 Å². The first-order valence-electron chi connectivity index (χ1n) is 6.14. The average molecular weight is 260 g/mol. The second kappa shape index (κ2) is 4.48. The van der Waals surface area contributed by atoms with Gasteiger partial charge < -0.3 is 10.1 Å². The van der Waals surface area contributed by atoms with Gasteiger partial charge in [-0.15, -0.1) is 0 Å². The fourth-order valence-electron chi connectivity index (χ4n) is 2.80. The summed E-state index contributed by atoms with van der Waals surface area (Å²) in [5, 5.41) is 23.1. The van der Waals surface area contributed by atoms with E-state index in [9.17, 15) is 10.1 Å². The lowest BCUT2D eigenvalue weighted by atomic mass is 9.95. The van der Waals surface area contributed by atoms with Gasteiger partial charge in [0, 0.05) is 6.20 Å². The van der Waals surface area contributed by atoms with Gasteiger partial charge in [-0.25, -0.2) is 4.98 Å². The van der Waals surface area contributed by atoms with Crippen LogP contribution in [-0.2, 0) is 4.74 Å². The van der Waals surface area contributed by atoms with E-state index in [1.54, 1.807) is 0 Å². The van der Waals surface area contributed by atoms with Crippen LogP contribution in [0.2, 0.25) is 0 Å². The van der Waals surface area contributed by atoms with E-state index < -0.39 is 4.92 Å². The largest absolute Gasteiger partial charge is 0.373 e. The van der Waals surface area contributed by atoms with Gasteiger partial charge in [0.2, 0.25) is 5.82 Å². The van der Waals surface area contributed by atoms with E-state index in [0.29, 0.717) is 0 Å². The van der Waals surface area contributed by atoms with Crippen molar-refractivity contribution in [1.82, 2.24) is 4.98 Å². The van der Waals surface area contributed by atoms with Gasteiger partial charge in [-0.2, -0.15) is 5.26 Å². The predicted octanol–water partition coefficient (Wildman–Crippen LogP) is 1.59. The highest BCUT2D eigenvalue weighted by molar-refractivity contribution is 5.64. The molecule has 1 aromatic heterocycles. The van der Waals surface area contributed by atoms with Crippen LogP contribution in [0, 0.1) is 21.4 Å². The van der Waals surface area contributed by atoms with Crippen LogP contribution in [0.3, 0.4) is 0 Å². The molecule has 3 rings (SSSR count). The van der Waals surface area contributed by atoms with Gasteiger partial charge in [0.1, 0.15) is 11.6 Å². The van der Waals surface area contributed by atoms with Crippen molar-refractivity contribution in [2.75, 3.05) is 5.32 Å². The summed E-state index contributed by atoms with van der Waals surface area (Å²) in [6.07, 6.45) is 4.60. The highest BCUT2D eigenvalue weighted by Crippen LogP contribution is 2.37. The Balaban J connectivity index is 1.89. The Labute approximate surface area is 109 Å². The van der Waals surface area contributed by atoms with E-state index in [1.165, 1.54) is 12.3 Å². The van der Waals surface area contributed by atoms with Crippen molar-refractivity contribution in [3.05, 3.63) is 27.9 Å². The standard InChI is InChI=1S/C12H12N4O3/c13-6-7-3-4-14-12(11(7)16(17)18)15-9-5-8-1-2-10(9)19-8/h3-4,8-10H,1-2,5H2,(H,14,15). The lowest BCUT2D eigenvalue weighted by Crippen LogP contribution is -2.31. The molecule has 7 nitrogen and oxygen atoms in total. The maximum absolute atomic E-state index is 11.1. The molecular weight excluding hydrogens is 248 g/mol. The molecule has 2 saturated heterocycles. The zero-order valence-corrected chi connectivity index (χ0v) is 10.1. The Morgan fingerprint density at radius 2 is 2.42 bits per heavy atom. The molecule has 0 saturated carbocycles. The van der Waals surface area contributed by atoms with Crippen LogP contribution in [0.5, 0.6) is 0 Å². The van der Waals surface area contributed by atoms with Crippen LogP contribution in [0.25, 0.3) is 0 Å². The van der Waals surface area contributed by atoms with Gasteiger partial charge in [-0.3, -0.25) is 10.1 Å². The van der Waals surface area contributed by atoms with Crippen molar-refractivity contribution >= 4 is 11.5 Å². The van der Waals surface area contributed by atoms with Crippen molar-refractivity contribution in [2.45, 2.75) is 37.5 Å². The van der Waals surface area contributed by atoms with Crippen molar-refractivity contribution < 1.29 is 9.66 Å². The summed E-state index contributed by atoms with van der Waals surface area (Å²) in [7, 11) is 0. The van der Waals surface area contributed by atoms with Crippen molar-refractivity contribution in [1.29, 1.82) is 5.26 Å². The Morgan fingerprint density at radius 3 is 3.00 bits per heavy atom. The van der Waals surface area contributed by atoms with E-state index in [-0.39, 0.29) is 35.3 Å². The Hall–Kier alpha value is -2.20. The van der Waals surface area contributed by atoms with E-state index in [0.717, 1.165) is 19.3 Å². The molecule has 3 unspecified atom stereocenters. The lowest BCUT2D eigenvalue weighted by Gasteiger charge is -2.20. The second-order valence-corrected chi connectivity index (χ2v) is 4.79. The molecule has 0 spiro atoms. The van der Waals surface area contributed by atoms with Gasteiger partial charge in [0.25, 0.3) is 0 Å². The molecule has 2 aliphatic rings. The minimum absolute atomic E-state index is 0.0200. The van der Waals surface area contributed by atoms with Crippen LogP contribution in [0.1, 0.15) is 24.8 Å². The van der Waals surface area contributed by atoms with Crippen LogP contribution in [0.4, 0.5) is 11.5 Å². The first-order chi connectivity index (χ1) is 9.19. The highest BCUT2D eigenvalue weighted by atomic mass is 16.6. The number of fused-ring (bicyclic) bond motifs is 2. The zero-order valence-electron chi connectivity index (χ0n) is 10.1. The molecule has 0 aliphatic carbocycles. The SMILES string of the molecule is N#Cc1ccnc(NC2CC3CCC2O3)c1[N+](=O)[O-]. The minimum atomic E-state index is -0.568. The van der Waals surface area contributed by atoms with Gasteiger partial charge >= 0.3 is 5.69 Å². The first-order valence-corrected chi connectivity index (χ1v) is 6.14. The second-order valence-electron chi connectivity index (χ2n) is 4.79. The fourth-order valence-corrected chi connectivity index (χ4v) is 2.80. The fraction of sp³-hybridized carbons (Fsp3) is 0.500. The molecule has 0 radical (unpaired) electrons. The van der Waals surface area contributed by atoms with Gasteiger partial charge in [-0.05, 0) is 25.3 Å². The molecule has 3 atom stereocenters. The van der Waals surface area contributed by atoms with Crippen molar-refractivity contribution in [3.8, 4) is 6.07 Å². The monoisotopic (exact) mass is 260 g/mol. The maximum Gasteiger partial charge on any atom is 0.328 e. The van der Waals surface area contributed by atoms with E-state index in [2.05, 4.69) is 10.3 Å². The third-order valence-electron chi connectivity index (χ3n) is 3.66. The van der Waals surface area contributed by atoms with E-state index >= 15 is 0 Å². The van der Waals surface area contributed by atoms with Gasteiger partial charge in [-0.1, -0.05) is 0 Å². The molecule has 0 amide bonds. The Morgan fingerprint density at radius 1 is 1.58 bits per heavy atom. The Bertz CT molecular complexity index is 569. The summed E-state index contributed by atoms with van der Waals surface area (Å²) >= 11 is 0. The number of nitrogens with one attached hydrogen (secondary N) is 1. The molecule has 3 heterocycles. The lowest BCUT2D eigenvalue weighted by molar-refractivity contribution is -0.384. The van der Waals surface area contributed by atoms with Gasteiger partial charge in [0.15, 0.2) is 0 Å². The normalized spacial score (nSPS) is 28.1. The number of rotatable bonds is 3. The number of pyridine rings is 1. The van der Waals surface area contributed by atoms with Crippen LogP contribution < -0.4 is 5.32 Å². The van der Waals surface area contributed by atoms with Crippen molar-refractivity contribution in [2.24, 2.45) is 0 Å².